The monoisotopic (exact) mass is 133 g/mol. The van der Waals surface area contributed by atoms with Crippen molar-refractivity contribution in [3.63, 3.8) is 0 Å². The molecule has 8 heavy (non-hydrogen) atoms. The van der Waals surface area contributed by atoms with Crippen LogP contribution in [-0.4, -0.2) is 25.0 Å². The average Bonchev–Trinajstić information content (AvgIpc) is 1.83. The molecule has 0 aliphatic heterocycles. The highest BCUT2D eigenvalue weighted by atomic mass is 35.5. The molecular weight excluding hydrogens is 122 g/mol. The van der Waals surface area contributed by atoms with Crippen LogP contribution in [0.4, 0.5) is 0 Å². The van der Waals surface area contributed by atoms with Crippen molar-refractivity contribution in [3.05, 3.63) is 11.6 Å². The Hall–Kier alpha value is -0.0100. The fourth-order valence-electron chi connectivity index (χ4n) is 0.349. The maximum Gasteiger partial charge on any atom is 0.0171 e. The van der Waals surface area contributed by atoms with Crippen LogP contribution >= 0.6 is 11.6 Å². The smallest absolute Gasteiger partial charge is 0.0171 e. The Kier molecular flexibility index (Phi) is 5.13. The number of likely N-dealkylation sites (N-methyl/N-ethyl adjacent to an activating group) is 1. The van der Waals surface area contributed by atoms with Crippen LogP contribution < -0.4 is 0 Å². The highest BCUT2D eigenvalue weighted by Gasteiger charge is 1.85. The Labute approximate surface area is 55.9 Å². The molecule has 0 aromatic heterocycles. The van der Waals surface area contributed by atoms with Gasteiger partial charge < -0.3 is 4.90 Å². The molecule has 0 radical (unpaired) electrons. The van der Waals surface area contributed by atoms with E-state index in [1.165, 1.54) is 0 Å². The Morgan fingerprint density at radius 1 is 1.62 bits per heavy atom. The van der Waals surface area contributed by atoms with Crippen LogP contribution in [0.15, 0.2) is 11.6 Å². The van der Waals surface area contributed by atoms with Gasteiger partial charge in [-0.15, -0.1) is 0 Å². The summed E-state index contributed by atoms with van der Waals surface area (Å²) >= 11 is 5.30. The van der Waals surface area contributed by atoms with E-state index in [0.29, 0.717) is 0 Å². The number of hydrogen-bond donors (Lipinski definition) is 0. The summed E-state index contributed by atoms with van der Waals surface area (Å²) in [7, 11) is 2.05. The summed E-state index contributed by atoms with van der Waals surface area (Å²) in [6.45, 7) is 4.13. The van der Waals surface area contributed by atoms with Crippen LogP contribution in [0.5, 0.6) is 0 Å². The van der Waals surface area contributed by atoms with E-state index < -0.39 is 0 Å². The van der Waals surface area contributed by atoms with Crippen molar-refractivity contribution in [2.24, 2.45) is 0 Å². The van der Waals surface area contributed by atoms with E-state index in [0.717, 1.165) is 13.1 Å². The minimum absolute atomic E-state index is 0.944. The van der Waals surface area contributed by atoms with Crippen molar-refractivity contribution < 1.29 is 0 Å². The topological polar surface area (TPSA) is 3.24 Å². The van der Waals surface area contributed by atoms with Crippen molar-refractivity contribution in [2.45, 2.75) is 6.92 Å². The molecule has 0 aromatic carbocycles. The molecule has 0 unspecified atom stereocenters. The Morgan fingerprint density at radius 2 is 2.25 bits per heavy atom. The van der Waals surface area contributed by atoms with Gasteiger partial charge in [-0.1, -0.05) is 24.6 Å². The number of halogens is 1. The maximum atomic E-state index is 5.30. The summed E-state index contributed by atoms with van der Waals surface area (Å²) in [4.78, 5) is 2.17. The highest BCUT2D eigenvalue weighted by molar-refractivity contribution is 6.25. The molecule has 0 bridgehead atoms. The molecule has 0 spiro atoms. The van der Waals surface area contributed by atoms with Crippen molar-refractivity contribution >= 4 is 11.6 Å². The fourth-order valence-corrected chi connectivity index (χ4v) is 0.429. The lowest BCUT2D eigenvalue weighted by Crippen LogP contribution is -2.16. The molecule has 48 valence electrons. The number of nitrogens with zero attached hydrogens (tertiary/aromatic N) is 1. The summed E-state index contributed by atoms with van der Waals surface area (Å²) in [6, 6.07) is 0. The quantitative estimate of drug-likeness (QED) is 0.567. The third-order valence-electron chi connectivity index (χ3n) is 1.05. The Bertz CT molecular complexity index is 70.9. The number of hydrogen-bond acceptors (Lipinski definition) is 1. The van der Waals surface area contributed by atoms with Gasteiger partial charge in [0.15, 0.2) is 0 Å². The molecule has 0 heterocycles. The summed E-state index contributed by atoms with van der Waals surface area (Å²) in [5.41, 5.74) is 1.55. The molecule has 0 rings (SSSR count). The standard InChI is InChI=1S/C6H12ClN/c1-3-8(2)6-4-5-7/h4-5H,3,6H2,1-2H3/b5-4+. The van der Waals surface area contributed by atoms with E-state index in [1.807, 2.05) is 6.08 Å². The predicted octanol–water partition coefficient (Wildman–Crippen LogP) is 1.69. The minimum Gasteiger partial charge on any atom is -0.303 e. The van der Waals surface area contributed by atoms with Crippen LogP contribution in [0.2, 0.25) is 0 Å². The van der Waals surface area contributed by atoms with Gasteiger partial charge in [-0.3, -0.25) is 0 Å². The molecule has 0 saturated heterocycles. The maximum absolute atomic E-state index is 5.30. The van der Waals surface area contributed by atoms with Gasteiger partial charge in [0.1, 0.15) is 0 Å². The summed E-state index contributed by atoms with van der Waals surface area (Å²) in [5, 5.41) is 0. The summed E-state index contributed by atoms with van der Waals surface area (Å²) in [5.74, 6) is 0. The van der Waals surface area contributed by atoms with Gasteiger partial charge in [-0.05, 0) is 13.6 Å². The molecule has 0 aliphatic rings. The van der Waals surface area contributed by atoms with E-state index >= 15 is 0 Å². The average molecular weight is 134 g/mol. The molecule has 0 N–H and O–H groups in total. The van der Waals surface area contributed by atoms with Crippen LogP contribution in [-0.2, 0) is 0 Å². The minimum atomic E-state index is 0.944. The lowest BCUT2D eigenvalue weighted by atomic mass is 10.5. The first kappa shape index (κ1) is 7.99. The van der Waals surface area contributed by atoms with Gasteiger partial charge in [-0.25, -0.2) is 0 Å². The second-order valence-corrected chi connectivity index (χ2v) is 1.97. The van der Waals surface area contributed by atoms with Gasteiger partial charge in [0.05, 0.1) is 0 Å². The van der Waals surface area contributed by atoms with Crippen molar-refractivity contribution in [2.75, 3.05) is 20.1 Å². The van der Waals surface area contributed by atoms with Gasteiger partial charge >= 0.3 is 0 Å². The third-order valence-corrected chi connectivity index (χ3v) is 1.22. The first-order valence-electron chi connectivity index (χ1n) is 2.75. The molecule has 0 fully saturated rings. The lowest BCUT2D eigenvalue weighted by molar-refractivity contribution is 0.392. The van der Waals surface area contributed by atoms with Crippen molar-refractivity contribution in [3.8, 4) is 0 Å². The first-order chi connectivity index (χ1) is 3.81. The Balaban J connectivity index is 3.10. The van der Waals surface area contributed by atoms with E-state index in [1.54, 1.807) is 5.54 Å². The molecule has 0 amide bonds. The van der Waals surface area contributed by atoms with Gasteiger partial charge in [-0.2, -0.15) is 0 Å². The van der Waals surface area contributed by atoms with Crippen LogP contribution in [0, 0.1) is 0 Å². The fraction of sp³-hybridized carbons (Fsp3) is 0.667. The van der Waals surface area contributed by atoms with Gasteiger partial charge in [0.2, 0.25) is 0 Å². The van der Waals surface area contributed by atoms with Crippen molar-refractivity contribution in [1.29, 1.82) is 0 Å². The van der Waals surface area contributed by atoms with Gasteiger partial charge in [0.25, 0.3) is 0 Å². The van der Waals surface area contributed by atoms with Gasteiger partial charge in [0, 0.05) is 12.1 Å². The summed E-state index contributed by atoms with van der Waals surface area (Å²) < 4.78 is 0. The lowest BCUT2D eigenvalue weighted by Gasteiger charge is -2.08. The van der Waals surface area contributed by atoms with Crippen LogP contribution in [0.25, 0.3) is 0 Å². The summed E-state index contributed by atoms with van der Waals surface area (Å²) in [6.07, 6.45) is 1.92. The molecule has 1 nitrogen and oxygen atoms in total. The highest BCUT2D eigenvalue weighted by Crippen LogP contribution is 1.83. The van der Waals surface area contributed by atoms with Crippen molar-refractivity contribution in [1.82, 2.24) is 4.90 Å². The SMILES string of the molecule is CCN(C)C/C=C/Cl. The van der Waals surface area contributed by atoms with Crippen LogP contribution in [0.1, 0.15) is 6.92 Å². The predicted molar refractivity (Wildman–Crippen MR) is 38.2 cm³/mol. The third kappa shape index (κ3) is 4.16. The van der Waals surface area contributed by atoms with E-state index in [-0.39, 0.29) is 0 Å². The second kappa shape index (κ2) is 5.13. The second-order valence-electron chi connectivity index (χ2n) is 1.72. The zero-order valence-electron chi connectivity index (χ0n) is 5.39. The molecule has 0 aliphatic carbocycles. The molecule has 0 atom stereocenters. The first-order valence-corrected chi connectivity index (χ1v) is 3.18. The largest absolute Gasteiger partial charge is 0.303 e. The normalized spacial score (nSPS) is 11.5. The van der Waals surface area contributed by atoms with E-state index in [2.05, 4.69) is 18.9 Å². The van der Waals surface area contributed by atoms with Crippen LogP contribution in [0.3, 0.4) is 0 Å². The molecule has 2 heteroatoms. The molecular formula is C6H12ClN. The zero-order chi connectivity index (χ0) is 6.41. The number of rotatable bonds is 3. The van der Waals surface area contributed by atoms with E-state index in [4.69, 9.17) is 11.6 Å². The van der Waals surface area contributed by atoms with E-state index in [9.17, 15) is 0 Å². The Morgan fingerprint density at radius 3 is 2.62 bits per heavy atom. The molecule has 0 aromatic rings. The molecule has 0 saturated carbocycles. The zero-order valence-corrected chi connectivity index (χ0v) is 6.15.